The summed E-state index contributed by atoms with van der Waals surface area (Å²) in [6, 6.07) is 3.54. The van der Waals surface area contributed by atoms with E-state index in [1.807, 2.05) is 12.1 Å². The summed E-state index contributed by atoms with van der Waals surface area (Å²) in [6.07, 6.45) is 2.78. The molecular formula is C14H16N4O4. The molecule has 1 aromatic heterocycles. The van der Waals surface area contributed by atoms with Crippen molar-refractivity contribution in [1.82, 2.24) is 20.1 Å². The van der Waals surface area contributed by atoms with E-state index in [2.05, 4.69) is 15.0 Å². The maximum atomic E-state index is 11.9. The van der Waals surface area contributed by atoms with Crippen LogP contribution in [0.4, 0.5) is 9.59 Å². The molecule has 0 unspecified atom stereocenters. The van der Waals surface area contributed by atoms with E-state index in [-0.39, 0.29) is 24.5 Å². The van der Waals surface area contributed by atoms with Crippen LogP contribution >= 0.6 is 0 Å². The Kier molecular flexibility index (Phi) is 3.90. The molecule has 1 N–H and O–H groups in total. The van der Waals surface area contributed by atoms with Crippen LogP contribution in [0.15, 0.2) is 24.5 Å². The molecule has 0 spiro atoms. The molecule has 0 aromatic carbocycles. The van der Waals surface area contributed by atoms with E-state index in [1.54, 1.807) is 17.3 Å². The molecule has 1 aromatic rings. The first-order valence-corrected chi connectivity index (χ1v) is 7.02. The van der Waals surface area contributed by atoms with E-state index >= 15 is 0 Å². The van der Waals surface area contributed by atoms with E-state index in [0.717, 1.165) is 10.5 Å². The second-order valence-electron chi connectivity index (χ2n) is 5.35. The summed E-state index contributed by atoms with van der Waals surface area (Å²) in [7, 11) is 0. The molecule has 2 saturated heterocycles. The van der Waals surface area contributed by atoms with Gasteiger partial charge in [0.25, 0.3) is 5.91 Å². The van der Waals surface area contributed by atoms with Gasteiger partial charge in [0.2, 0.25) is 0 Å². The number of cyclic esters (lactones) is 1. The topological polar surface area (TPSA) is 91.8 Å². The number of nitrogens with one attached hydrogen (secondary N) is 1. The van der Waals surface area contributed by atoms with E-state index < -0.39 is 6.09 Å². The third kappa shape index (κ3) is 3.00. The Morgan fingerprint density at radius 2 is 2.23 bits per heavy atom. The summed E-state index contributed by atoms with van der Waals surface area (Å²) in [6.45, 7) is 1.60. The number of pyridine rings is 1. The van der Waals surface area contributed by atoms with Crippen molar-refractivity contribution in [3.05, 3.63) is 30.1 Å². The molecule has 2 aliphatic heterocycles. The molecule has 0 atom stereocenters. The lowest BCUT2D eigenvalue weighted by molar-refractivity contribution is -0.126. The maximum absolute atomic E-state index is 11.9. The van der Waals surface area contributed by atoms with Gasteiger partial charge in [-0.15, -0.1) is 0 Å². The Morgan fingerprint density at radius 1 is 1.41 bits per heavy atom. The Bertz CT molecular complexity index is 570. The lowest BCUT2D eigenvalue weighted by atomic mass is 10.0. The molecule has 0 bridgehead atoms. The van der Waals surface area contributed by atoms with Crippen LogP contribution in [0.5, 0.6) is 0 Å². The molecule has 3 heterocycles. The number of carbonyl (C=O) groups is 3. The average Bonchev–Trinajstić information content (AvgIpc) is 2.80. The summed E-state index contributed by atoms with van der Waals surface area (Å²) in [5.41, 5.74) is 0.929. The zero-order valence-electron chi connectivity index (χ0n) is 11.9. The summed E-state index contributed by atoms with van der Waals surface area (Å²) >= 11 is 0. The largest absolute Gasteiger partial charge is 0.439 e. The summed E-state index contributed by atoms with van der Waals surface area (Å²) in [5.74, 6) is -0.205. The lowest BCUT2D eigenvalue weighted by Crippen LogP contribution is -2.57. The van der Waals surface area contributed by atoms with Crippen molar-refractivity contribution in [1.29, 1.82) is 0 Å². The van der Waals surface area contributed by atoms with Gasteiger partial charge >= 0.3 is 12.1 Å². The minimum Gasteiger partial charge on any atom is -0.439 e. The number of rotatable bonds is 4. The zero-order chi connectivity index (χ0) is 15.5. The van der Waals surface area contributed by atoms with E-state index in [1.165, 1.54) is 0 Å². The van der Waals surface area contributed by atoms with Gasteiger partial charge in [-0.3, -0.25) is 9.78 Å². The molecule has 8 heteroatoms. The Balaban J connectivity index is 1.40. The van der Waals surface area contributed by atoms with Crippen molar-refractivity contribution in [2.24, 2.45) is 5.92 Å². The Hall–Kier alpha value is -2.64. The van der Waals surface area contributed by atoms with Crippen LogP contribution in [0.3, 0.4) is 0 Å². The zero-order valence-corrected chi connectivity index (χ0v) is 11.9. The highest BCUT2D eigenvalue weighted by molar-refractivity contribution is 5.97. The van der Waals surface area contributed by atoms with Crippen LogP contribution < -0.4 is 5.32 Å². The van der Waals surface area contributed by atoms with Gasteiger partial charge in [0, 0.05) is 44.5 Å². The molecular weight excluding hydrogens is 288 g/mol. The van der Waals surface area contributed by atoms with E-state index in [0.29, 0.717) is 26.2 Å². The van der Waals surface area contributed by atoms with Crippen molar-refractivity contribution in [3.63, 3.8) is 0 Å². The highest BCUT2D eigenvalue weighted by Crippen LogP contribution is 2.19. The van der Waals surface area contributed by atoms with Crippen LogP contribution in [0.2, 0.25) is 0 Å². The van der Waals surface area contributed by atoms with Crippen LogP contribution in [-0.4, -0.2) is 59.1 Å². The van der Waals surface area contributed by atoms with E-state index in [9.17, 15) is 14.4 Å². The fraction of sp³-hybridized carbons (Fsp3) is 0.429. The van der Waals surface area contributed by atoms with Gasteiger partial charge < -0.3 is 15.0 Å². The van der Waals surface area contributed by atoms with Gasteiger partial charge in [0.05, 0.1) is 0 Å². The second-order valence-corrected chi connectivity index (χ2v) is 5.35. The standard InChI is InChI=1S/C14H16N4O4/c19-12-9-22-14(21)18(12)8-11-6-17(7-11)13(20)16-5-10-2-1-3-15-4-10/h1-4,11H,5-9H2,(H,16,20). The Morgan fingerprint density at radius 3 is 2.86 bits per heavy atom. The lowest BCUT2D eigenvalue weighted by Gasteiger charge is -2.40. The summed E-state index contributed by atoms with van der Waals surface area (Å²) < 4.78 is 4.65. The van der Waals surface area contributed by atoms with Crippen molar-refractivity contribution >= 4 is 18.0 Å². The highest BCUT2D eigenvalue weighted by Gasteiger charge is 2.38. The SMILES string of the molecule is O=C(NCc1cccnc1)N1CC(CN2C(=O)COC2=O)C1. The molecule has 2 aliphatic rings. The number of imide groups is 1. The normalized spacial score (nSPS) is 18.2. The first-order chi connectivity index (χ1) is 10.6. The second kappa shape index (κ2) is 6.00. The van der Waals surface area contributed by atoms with Crippen molar-refractivity contribution in [3.8, 4) is 0 Å². The average molecular weight is 304 g/mol. The molecule has 0 aliphatic carbocycles. The number of carbonyl (C=O) groups excluding carboxylic acids is 3. The molecule has 116 valence electrons. The molecule has 22 heavy (non-hydrogen) atoms. The number of likely N-dealkylation sites (tertiary alicyclic amines) is 1. The molecule has 4 amide bonds. The molecule has 0 saturated carbocycles. The summed E-state index contributed by atoms with van der Waals surface area (Å²) in [4.78, 5) is 41.4. The first kappa shape index (κ1) is 14.3. The van der Waals surface area contributed by atoms with Crippen molar-refractivity contribution in [2.75, 3.05) is 26.2 Å². The predicted octanol–water partition coefficient (Wildman–Crippen LogP) is 0.202. The molecule has 2 fully saturated rings. The minimum atomic E-state index is -0.593. The van der Waals surface area contributed by atoms with Gasteiger partial charge in [0.1, 0.15) is 0 Å². The van der Waals surface area contributed by atoms with E-state index in [4.69, 9.17) is 0 Å². The fourth-order valence-corrected chi connectivity index (χ4v) is 2.46. The number of ether oxygens (including phenoxy) is 1. The molecule has 0 radical (unpaired) electrons. The van der Waals surface area contributed by atoms with Crippen LogP contribution in [0.25, 0.3) is 0 Å². The van der Waals surface area contributed by atoms with Crippen LogP contribution in [0.1, 0.15) is 5.56 Å². The molecule has 3 rings (SSSR count). The highest BCUT2D eigenvalue weighted by atomic mass is 16.6. The third-order valence-electron chi connectivity index (χ3n) is 3.69. The maximum Gasteiger partial charge on any atom is 0.417 e. The smallest absolute Gasteiger partial charge is 0.417 e. The van der Waals surface area contributed by atoms with Gasteiger partial charge in [0.15, 0.2) is 6.61 Å². The van der Waals surface area contributed by atoms with Crippen molar-refractivity contribution < 1.29 is 19.1 Å². The number of hydrogen-bond acceptors (Lipinski definition) is 5. The fourth-order valence-electron chi connectivity index (χ4n) is 2.46. The van der Waals surface area contributed by atoms with Gasteiger partial charge in [-0.05, 0) is 11.6 Å². The number of aromatic nitrogens is 1. The molecule has 8 nitrogen and oxygen atoms in total. The monoisotopic (exact) mass is 304 g/mol. The first-order valence-electron chi connectivity index (χ1n) is 7.02. The van der Waals surface area contributed by atoms with Crippen LogP contribution in [0, 0.1) is 5.92 Å². The Labute approximate surface area is 127 Å². The van der Waals surface area contributed by atoms with Crippen molar-refractivity contribution in [2.45, 2.75) is 6.54 Å². The number of nitrogens with zero attached hydrogens (tertiary/aromatic N) is 3. The third-order valence-corrected chi connectivity index (χ3v) is 3.69. The number of hydrogen-bond donors (Lipinski definition) is 1. The van der Waals surface area contributed by atoms with Gasteiger partial charge in [-0.25, -0.2) is 14.5 Å². The minimum absolute atomic E-state index is 0.110. The predicted molar refractivity (Wildman–Crippen MR) is 74.6 cm³/mol. The van der Waals surface area contributed by atoms with Gasteiger partial charge in [-0.1, -0.05) is 6.07 Å². The quantitative estimate of drug-likeness (QED) is 0.858. The van der Waals surface area contributed by atoms with Gasteiger partial charge in [-0.2, -0.15) is 0 Å². The number of urea groups is 1. The summed E-state index contributed by atoms with van der Waals surface area (Å²) in [5, 5.41) is 2.81. The number of amides is 4. The van der Waals surface area contributed by atoms with Crippen LogP contribution in [-0.2, 0) is 16.1 Å².